The minimum Gasteiger partial charge on any atom is -0.258 e. The third kappa shape index (κ3) is 2.98. The lowest BCUT2D eigenvalue weighted by Crippen LogP contribution is -2.04. The molecule has 1 aromatic carbocycles. The Labute approximate surface area is 114 Å². The molecule has 0 amide bonds. The van der Waals surface area contributed by atoms with Gasteiger partial charge in [-0.25, -0.2) is 4.39 Å². The molecule has 0 aliphatic carbocycles. The van der Waals surface area contributed by atoms with Crippen LogP contribution in [0.15, 0.2) is 36.5 Å². The fraction of sp³-hybridized carbons (Fsp3) is 0.267. The van der Waals surface area contributed by atoms with Crippen molar-refractivity contribution in [2.75, 3.05) is 0 Å². The van der Waals surface area contributed by atoms with Gasteiger partial charge in [0.05, 0.1) is 11.8 Å². The number of pyridine rings is 1. The highest BCUT2D eigenvalue weighted by Crippen LogP contribution is 2.32. The van der Waals surface area contributed by atoms with E-state index in [0.29, 0.717) is 11.3 Å². The molecule has 0 N–H and O–H groups in total. The van der Waals surface area contributed by atoms with Crippen LogP contribution in [0.2, 0.25) is 0 Å². The Bertz CT molecular complexity index is 600. The van der Waals surface area contributed by atoms with Gasteiger partial charge in [0.1, 0.15) is 5.82 Å². The van der Waals surface area contributed by atoms with E-state index in [1.807, 2.05) is 13.8 Å². The van der Waals surface area contributed by atoms with E-state index in [0.717, 1.165) is 18.3 Å². The number of aromatic nitrogens is 1. The van der Waals surface area contributed by atoms with Gasteiger partial charge in [0.2, 0.25) is 0 Å². The first-order valence-electron chi connectivity index (χ1n) is 6.12. The van der Waals surface area contributed by atoms with Crippen molar-refractivity contribution in [2.24, 2.45) is 0 Å². The topological polar surface area (TPSA) is 12.9 Å². The summed E-state index contributed by atoms with van der Waals surface area (Å²) in [5, 5.41) is 0. The summed E-state index contributed by atoms with van der Waals surface area (Å²) in [7, 11) is 0. The second-order valence-electron chi connectivity index (χ2n) is 4.82. The van der Waals surface area contributed by atoms with Crippen LogP contribution in [0.25, 0.3) is 11.1 Å². The van der Waals surface area contributed by atoms with Gasteiger partial charge in [-0.3, -0.25) is 4.98 Å². The Kier molecular flexibility index (Phi) is 3.79. The standard InChI is InChI=1S/C15H13F4N/c1-9(2)14-7-12(13(16)8-20-14)10-3-5-11(6-4-10)15(17,18)19/h3-9H,1-2H3. The number of hydrogen-bond acceptors (Lipinski definition) is 1. The highest BCUT2D eigenvalue weighted by molar-refractivity contribution is 5.64. The summed E-state index contributed by atoms with van der Waals surface area (Å²) < 4.78 is 51.2. The van der Waals surface area contributed by atoms with E-state index in [4.69, 9.17) is 0 Å². The maximum Gasteiger partial charge on any atom is 0.416 e. The van der Waals surface area contributed by atoms with E-state index in [-0.39, 0.29) is 11.5 Å². The lowest BCUT2D eigenvalue weighted by molar-refractivity contribution is -0.137. The van der Waals surface area contributed by atoms with E-state index in [9.17, 15) is 17.6 Å². The van der Waals surface area contributed by atoms with E-state index in [1.54, 1.807) is 6.07 Å². The van der Waals surface area contributed by atoms with Crippen LogP contribution in [0.3, 0.4) is 0 Å². The van der Waals surface area contributed by atoms with Crippen molar-refractivity contribution in [1.29, 1.82) is 0 Å². The van der Waals surface area contributed by atoms with Crippen molar-refractivity contribution >= 4 is 0 Å². The SMILES string of the molecule is CC(C)c1cc(-c2ccc(C(F)(F)F)cc2)c(F)cn1. The van der Waals surface area contributed by atoms with E-state index in [1.165, 1.54) is 12.1 Å². The van der Waals surface area contributed by atoms with Gasteiger partial charge in [0.15, 0.2) is 0 Å². The third-order valence-corrected chi connectivity index (χ3v) is 2.99. The third-order valence-electron chi connectivity index (χ3n) is 2.99. The summed E-state index contributed by atoms with van der Waals surface area (Å²) in [4.78, 5) is 3.97. The van der Waals surface area contributed by atoms with Crippen LogP contribution in [-0.2, 0) is 6.18 Å². The van der Waals surface area contributed by atoms with Crippen molar-refractivity contribution in [3.05, 3.63) is 53.6 Å². The molecule has 20 heavy (non-hydrogen) atoms. The number of alkyl halides is 3. The first-order valence-corrected chi connectivity index (χ1v) is 6.12. The maximum absolute atomic E-state index is 13.8. The Hall–Kier alpha value is -1.91. The molecule has 0 spiro atoms. The van der Waals surface area contributed by atoms with Crippen LogP contribution in [0, 0.1) is 5.82 Å². The number of halogens is 4. The molecule has 0 atom stereocenters. The number of benzene rings is 1. The molecule has 1 aromatic heterocycles. The highest BCUT2D eigenvalue weighted by atomic mass is 19.4. The highest BCUT2D eigenvalue weighted by Gasteiger charge is 2.30. The molecule has 0 radical (unpaired) electrons. The molecule has 0 fully saturated rings. The summed E-state index contributed by atoms with van der Waals surface area (Å²) in [6.07, 6.45) is -3.29. The zero-order chi connectivity index (χ0) is 14.9. The predicted molar refractivity (Wildman–Crippen MR) is 68.7 cm³/mol. The van der Waals surface area contributed by atoms with E-state index >= 15 is 0 Å². The molecule has 1 nitrogen and oxygen atoms in total. The first-order chi connectivity index (χ1) is 9.29. The van der Waals surface area contributed by atoms with Gasteiger partial charge in [-0.1, -0.05) is 26.0 Å². The van der Waals surface area contributed by atoms with Gasteiger partial charge in [-0.05, 0) is 29.7 Å². The van der Waals surface area contributed by atoms with Crippen LogP contribution >= 0.6 is 0 Å². The Morgan fingerprint density at radius 1 is 1.05 bits per heavy atom. The second-order valence-corrected chi connectivity index (χ2v) is 4.82. The van der Waals surface area contributed by atoms with Crippen LogP contribution in [-0.4, -0.2) is 4.98 Å². The average Bonchev–Trinajstić information content (AvgIpc) is 2.38. The minimum atomic E-state index is -4.39. The summed E-state index contributed by atoms with van der Waals surface area (Å²) in [6.45, 7) is 3.83. The quantitative estimate of drug-likeness (QED) is 0.704. The molecular weight excluding hydrogens is 270 g/mol. The molecule has 1 heterocycles. The summed E-state index contributed by atoms with van der Waals surface area (Å²) >= 11 is 0. The molecule has 106 valence electrons. The van der Waals surface area contributed by atoms with Gasteiger partial charge < -0.3 is 0 Å². The van der Waals surface area contributed by atoms with Crippen molar-refractivity contribution < 1.29 is 17.6 Å². The van der Waals surface area contributed by atoms with Gasteiger partial charge in [-0.2, -0.15) is 13.2 Å². The van der Waals surface area contributed by atoms with Crippen molar-refractivity contribution in [2.45, 2.75) is 25.9 Å². The molecular formula is C15H13F4N. The molecule has 5 heteroatoms. The zero-order valence-corrected chi connectivity index (χ0v) is 11.0. The van der Waals surface area contributed by atoms with Crippen molar-refractivity contribution in [3.8, 4) is 11.1 Å². The maximum atomic E-state index is 13.8. The molecule has 2 aromatic rings. The fourth-order valence-electron chi connectivity index (χ4n) is 1.83. The average molecular weight is 283 g/mol. The molecule has 0 bridgehead atoms. The Morgan fingerprint density at radius 2 is 1.65 bits per heavy atom. The monoisotopic (exact) mass is 283 g/mol. The normalized spacial score (nSPS) is 11.9. The molecule has 0 aliphatic rings. The van der Waals surface area contributed by atoms with Gasteiger partial charge in [0.25, 0.3) is 0 Å². The van der Waals surface area contributed by atoms with Crippen LogP contribution in [0.1, 0.15) is 31.0 Å². The summed E-state index contributed by atoms with van der Waals surface area (Å²) in [6, 6.07) is 6.01. The predicted octanol–water partition coefficient (Wildman–Crippen LogP) is 5.03. The lowest BCUT2D eigenvalue weighted by Gasteiger charge is -2.10. The summed E-state index contributed by atoms with van der Waals surface area (Å²) in [5.41, 5.74) is 0.610. The number of nitrogens with zero attached hydrogens (tertiary/aromatic N) is 1. The van der Waals surface area contributed by atoms with Crippen LogP contribution in [0.5, 0.6) is 0 Å². The van der Waals surface area contributed by atoms with Crippen molar-refractivity contribution in [3.63, 3.8) is 0 Å². The van der Waals surface area contributed by atoms with Gasteiger partial charge in [-0.15, -0.1) is 0 Å². The van der Waals surface area contributed by atoms with Crippen LogP contribution in [0.4, 0.5) is 17.6 Å². The molecule has 0 saturated carbocycles. The first kappa shape index (κ1) is 14.5. The minimum absolute atomic E-state index is 0.115. The molecule has 0 saturated heterocycles. The second kappa shape index (κ2) is 5.23. The largest absolute Gasteiger partial charge is 0.416 e. The molecule has 0 aliphatic heterocycles. The van der Waals surface area contributed by atoms with E-state index in [2.05, 4.69) is 4.98 Å². The smallest absolute Gasteiger partial charge is 0.258 e. The molecule has 0 unspecified atom stereocenters. The number of hydrogen-bond donors (Lipinski definition) is 0. The molecule has 2 rings (SSSR count). The van der Waals surface area contributed by atoms with Gasteiger partial charge in [0, 0.05) is 11.3 Å². The Morgan fingerprint density at radius 3 is 2.15 bits per heavy atom. The summed E-state index contributed by atoms with van der Waals surface area (Å²) in [5.74, 6) is -0.432. The zero-order valence-electron chi connectivity index (χ0n) is 11.0. The number of rotatable bonds is 2. The fourth-order valence-corrected chi connectivity index (χ4v) is 1.83. The van der Waals surface area contributed by atoms with Crippen molar-refractivity contribution in [1.82, 2.24) is 4.98 Å². The lowest BCUT2D eigenvalue weighted by atomic mass is 10.0. The van der Waals surface area contributed by atoms with Gasteiger partial charge >= 0.3 is 6.18 Å². The van der Waals surface area contributed by atoms with Crippen LogP contribution < -0.4 is 0 Å². The Balaban J connectivity index is 2.44. The van der Waals surface area contributed by atoms with E-state index < -0.39 is 17.6 Å².